The highest BCUT2D eigenvalue weighted by Crippen LogP contribution is 2.37. The van der Waals surface area contributed by atoms with Crippen LogP contribution in [0.25, 0.3) is 0 Å². The van der Waals surface area contributed by atoms with Crippen LogP contribution in [0.3, 0.4) is 0 Å². The molecule has 2 fully saturated rings. The van der Waals surface area contributed by atoms with E-state index in [0.29, 0.717) is 5.92 Å². The van der Waals surface area contributed by atoms with Crippen LogP contribution >= 0.6 is 0 Å². The average Bonchev–Trinajstić information content (AvgIpc) is 2.77. The first kappa shape index (κ1) is 25.1. The number of carbonyl (C=O) groups is 2. The van der Waals surface area contributed by atoms with Crippen molar-refractivity contribution < 1.29 is 19.1 Å². The first-order valence-electron chi connectivity index (χ1n) is 12.0. The van der Waals surface area contributed by atoms with E-state index in [0.717, 1.165) is 81.9 Å². The zero-order chi connectivity index (χ0) is 24.0. The van der Waals surface area contributed by atoms with Crippen molar-refractivity contribution in [1.29, 1.82) is 0 Å². The first-order valence-corrected chi connectivity index (χ1v) is 12.0. The van der Waals surface area contributed by atoms with Gasteiger partial charge in [-0.15, -0.1) is 0 Å². The molecular weight excluding hydrogens is 420 g/mol. The Morgan fingerprint density at radius 2 is 1.79 bits per heavy atom. The Morgan fingerprint density at radius 3 is 2.36 bits per heavy atom. The molecule has 2 heterocycles. The van der Waals surface area contributed by atoms with Crippen LogP contribution in [0.15, 0.2) is 18.2 Å². The van der Waals surface area contributed by atoms with Gasteiger partial charge in [-0.1, -0.05) is 6.07 Å². The van der Waals surface area contributed by atoms with Crippen molar-refractivity contribution >= 4 is 29.6 Å². The number of nitrogens with zero attached hydrogens (tertiary/aromatic N) is 3. The van der Waals surface area contributed by atoms with Gasteiger partial charge < -0.3 is 29.5 Å². The Morgan fingerprint density at radius 1 is 1.12 bits per heavy atom. The molecule has 0 radical (unpaired) electrons. The van der Waals surface area contributed by atoms with Crippen LogP contribution in [0, 0.1) is 5.92 Å². The number of hydrogen-bond donors (Lipinski definition) is 1. The molecule has 2 aliphatic rings. The zero-order valence-electron chi connectivity index (χ0n) is 20.8. The van der Waals surface area contributed by atoms with Gasteiger partial charge in [0, 0.05) is 46.9 Å². The van der Waals surface area contributed by atoms with Gasteiger partial charge >= 0.3 is 6.09 Å². The van der Waals surface area contributed by atoms with Crippen molar-refractivity contribution in [1.82, 2.24) is 4.90 Å². The third kappa shape index (κ3) is 7.00. The topological polar surface area (TPSA) is 74.4 Å². The number of piperidine rings is 2. The lowest BCUT2D eigenvalue weighted by Gasteiger charge is -2.37. The number of carbonyl (C=O) groups excluding carboxylic acids is 2. The quantitative estimate of drug-likeness (QED) is 0.621. The molecule has 184 valence electrons. The van der Waals surface area contributed by atoms with Crippen molar-refractivity contribution in [3.63, 3.8) is 0 Å². The van der Waals surface area contributed by atoms with Crippen LogP contribution in [0.4, 0.5) is 21.9 Å². The van der Waals surface area contributed by atoms with Gasteiger partial charge in [-0.05, 0) is 64.5 Å². The number of ether oxygens (including phenoxy) is 2. The van der Waals surface area contributed by atoms with Crippen molar-refractivity contribution in [3.8, 4) is 0 Å². The van der Waals surface area contributed by atoms with Gasteiger partial charge in [0.2, 0.25) is 6.41 Å². The maximum absolute atomic E-state index is 12.2. The predicted molar refractivity (Wildman–Crippen MR) is 132 cm³/mol. The van der Waals surface area contributed by atoms with E-state index >= 15 is 0 Å². The Kier molecular flexibility index (Phi) is 8.46. The highest BCUT2D eigenvalue weighted by molar-refractivity contribution is 5.89. The van der Waals surface area contributed by atoms with Gasteiger partial charge in [0.25, 0.3) is 0 Å². The summed E-state index contributed by atoms with van der Waals surface area (Å²) in [5.74, 6) is 0.494. The van der Waals surface area contributed by atoms with Gasteiger partial charge in [-0.2, -0.15) is 0 Å². The summed E-state index contributed by atoms with van der Waals surface area (Å²) in [4.78, 5) is 29.5. The van der Waals surface area contributed by atoms with E-state index in [1.807, 2.05) is 56.8 Å². The van der Waals surface area contributed by atoms with Gasteiger partial charge in [-0.25, -0.2) is 4.79 Å². The number of anilines is 3. The van der Waals surface area contributed by atoms with Crippen LogP contribution in [-0.2, 0) is 14.3 Å². The molecule has 0 unspecified atom stereocenters. The second kappa shape index (κ2) is 11.1. The van der Waals surface area contributed by atoms with Gasteiger partial charge in [-0.3, -0.25) is 4.79 Å². The summed E-state index contributed by atoms with van der Waals surface area (Å²) < 4.78 is 11.8. The highest BCUT2D eigenvalue weighted by atomic mass is 16.6. The lowest BCUT2D eigenvalue weighted by Crippen LogP contribution is -2.43. The minimum atomic E-state index is -0.453. The van der Waals surface area contributed by atoms with E-state index in [9.17, 15) is 9.59 Å². The average molecular weight is 461 g/mol. The van der Waals surface area contributed by atoms with Crippen LogP contribution in [0.2, 0.25) is 0 Å². The normalized spacial score (nSPS) is 18.2. The summed E-state index contributed by atoms with van der Waals surface area (Å²) in [6.45, 7) is 9.78. The third-order valence-electron chi connectivity index (χ3n) is 6.29. The summed E-state index contributed by atoms with van der Waals surface area (Å²) in [5.41, 5.74) is 2.54. The Hall–Kier alpha value is -2.48. The van der Waals surface area contributed by atoms with Gasteiger partial charge in [0.1, 0.15) is 5.60 Å². The lowest BCUT2D eigenvalue weighted by molar-refractivity contribution is -0.105. The molecule has 1 aromatic rings. The Labute approximate surface area is 198 Å². The molecule has 0 aliphatic carbocycles. The molecule has 8 heteroatoms. The number of para-hydroxylation sites is 1. The maximum atomic E-state index is 12.2. The SMILES string of the molecule is CN(C)c1c(NC=O)cccc1N1CCC(OCC2CCN(C(=O)OC(C)(C)C)CC2)CC1. The van der Waals surface area contributed by atoms with E-state index in [4.69, 9.17) is 9.47 Å². The molecule has 8 nitrogen and oxygen atoms in total. The molecule has 0 aromatic heterocycles. The summed E-state index contributed by atoms with van der Waals surface area (Å²) >= 11 is 0. The molecule has 0 bridgehead atoms. The molecule has 0 atom stereocenters. The molecule has 2 saturated heterocycles. The van der Waals surface area contributed by atoms with Crippen molar-refractivity contribution in [2.45, 2.75) is 58.2 Å². The summed E-state index contributed by atoms with van der Waals surface area (Å²) in [6.07, 6.45) is 4.67. The summed E-state index contributed by atoms with van der Waals surface area (Å²) in [6, 6.07) is 6.03. The highest BCUT2D eigenvalue weighted by Gasteiger charge is 2.28. The maximum Gasteiger partial charge on any atom is 0.410 e. The smallest absolute Gasteiger partial charge is 0.410 e. The Bertz CT molecular complexity index is 792. The van der Waals surface area contributed by atoms with Crippen molar-refractivity contribution in [2.24, 2.45) is 5.92 Å². The number of rotatable bonds is 7. The molecule has 1 aromatic carbocycles. The fourth-order valence-electron chi connectivity index (χ4n) is 4.58. The minimum absolute atomic E-state index is 0.209. The fourth-order valence-corrected chi connectivity index (χ4v) is 4.58. The zero-order valence-corrected chi connectivity index (χ0v) is 20.8. The summed E-state index contributed by atoms with van der Waals surface area (Å²) in [5, 5.41) is 2.82. The van der Waals surface area contributed by atoms with E-state index in [1.54, 1.807) is 0 Å². The van der Waals surface area contributed by atoms with Crippen molar-refractivity contribution in [2.75, 3.05) is 62.0 Å². The molecular formula is C25H40N4O4. The van der Waals surface area contributed by atoms with Gasteiger partial charge in [0.15, 0.2) is 0 Å². The minimum Gasteiger partial charge on any atom is -0.444 e. The standard InChI is InChI=1S/C25H40N4O4/c1-25(2,3)33-24(31)29-13-9-19(10-14-29)17-32-20-11-15-28(16-12-20)22-8-6-7-21(26-18-30)23(22)27(4)5/h6-8,18-20H,9-17H2,1-5H3,(H,26,30). The van der Waals surface area contributed by atoms with E-state index in [2.05, 4.69) is 16.3 Å². The number of likely N-dealkylation sites (tertiary alicyclic amines) is 1. The molecule has 0 spiro atoms. The van der Waals surface area contributed by atoms with Gasteiger partial charge in [0.05, 0.1) is 23.2 Å². The molecule has 0 saturated carbocycles. The van der Waals surface area contributed by atoms with Crippen LogP contribution in [0.1, 0.15) is 46.5 Å². The van der Waals surface area contributed by atoms with E-state index in [-0.39, 0.29) is 12.2 Å². The predicted octanol–water partition coefficient (Wildman–Crippen LogP) is 3.95. The number of nitrogens with one attached hydrogen (secondary N) is 1. The number of benzene rings is 1. The van der Waals surface area contributed by atoms with Crippen LogP contribution in [-0.4, -0.2) is 76.0 Å². The van der Waals surface area contributed by atoms with Crippen molar-refractivity contribution in [3.05, 3.63) is 18.2 Å². The molecule has 3 rings (SSSR count). The Balaban J connectivity index is 1.44. The number of hydrogen-bond acceptors (Lipinski definition) is 6. The lowest BCUT2D eigenvalue weighted by atomic mass is 9.97. The van der Waals surface area contributed by atoms with E-state index < -0.39 is 5.60 Å². The first-order chi connectivity index (χ1) is 15.7. The van der Waals surface area contributed by atoms with E-state index in [1.165, 1.54) is 0 Å². The third-order valence-corrected chi connectivity index (χ3v) is 6.29. The fraction of sp³-hybridized carbons (Fsp3) is 0.680. The second-order valence-corrected chi connectivity index (χ2v) is 10.3. The van der Waals surface area contributed by atoms with Crippen LogP contribution in [0.5, 0.6) is 0 Å². The molecule has 2 aliphatic heterocycles. The monoisotopic (exact) mass is 460 g/mol. The molecule has 33 heavy (non-hydrogen) atoms. The second-order valence-electron chi connectivity index (χ2n) is 10.3. The molecule has 2 amide bonds. The van der Waals surface area contributed by atoms with Crippen LogP contribution < -0.4 is 15.1 Å². The summed E-state index contributed by atoms with van der Waals surface area (Å²) in [7, 11) is 4.00. The largest absolute Gasteiger partial charge is 0.444 e. The molecule has 1 N–H and O–H groups in total. The number of amides is 2.